The van der Waals surface area contributed by atoms with Gasteiger partial charge in [0.2, 0.25) is 0 Å². The van der Waals surface area contributed by atoms with Gasteiger partial charge in [-0.1, -0.05) is 37.3 Å². The SMILES string of the molecule is CCc1ccc(OCC(=O)OC(C)C(=O)N(CCC#N)c2ccccc2)cc1. The summed E-state index contributed by atoms with van der Waals surface area (Å²) in [6.45, 7) is 3.51. The fourth-order valence-electron chi connectivity index (χ4n) is 2.60. The first kappa shape index (κ1) is 21.0. The quantitative estimate of drug-likeness (QED) is 0.622. The summed E-state index contributed by atoms with van der Waals surface area (Å²) in [5, 5.41) is 8.85. The van der Waals surface area contributed by atoms with Crippen LogP contribution in [0.25, 0.3) is 0 Å². The molecule has 0 aliphatic rings. The van der Waals surface area contributed by atoms with E-state index in [0.717, 1.165) is 6.42 Å². The van der Waals surface area contributed by atoms with Gasteiger partial charge >= 0.3 is 5.97 Å². The number of para-hydroxylation sites is 1. The molecule has 28 heavy (non-hydrogen) atoms. The van der Waals surface area contributed by atoms with Crippen LogP contribution in [0.3, 0.4) is 0 Å². The van der Waals surface area contributed by atoms with Crippen molar-refractivity contribution in [1.29, 1.82) is 5.26 Å². The van der Waals surface area contributed by atoms with E-state index in [1.165, 1.54) is 17.4 Å². The number of esters is 1. The number of nitriles is 1. The number of hydrogen-bond donors (Lipinski definition) is 0. The van der Waals surface area contributed by atoms with Gasteiger partial charge in [0, 0.05) is 12.2 Å². The lowest BCUT2D eigenvalue weighted by Gasteiger charge is -2.25. The minimum atomic E-state index is -0.988. The highest BCUT2D eigenvalue weighted by Gasteiger charge is 2.25. The van der Waals surface area contributed by atoms with E-state index in [4.69, 9.17) is 14.7 Å². The Morgan fingerprint density at radius 3 is 2.39 bits per heavy atom. The Labute approximate surface area is 165 Å². The number of carbonyl (C=O) groups is 2. The zero-order chi connectivity index (χ0) is 20.4. The maximum atomic E-state index is 12.7. The molecule has 0 saturated heterocycles. The van der Waals surface area contributed by atoms with E-state index in [0.29, 0.717) is 11.4 Å². The van der Waals surface area contributed by atoms with Crippen LogP contribution in [0.15, 0.2) is 54.6 Å². The molecule has 0 N–H and O–H groups in total. The number of rotatable bonds is 9. The van der Waals surface area contributed by atoms with Crippen molar-refractivity contribution in [3.05, 3.63) is 60.2 Å². The van der Waals surface area contributed by atoms with E-state index in [2.05, 4.69) is 6.92 Å². The number of hydrogen-bond acceptors (Lipinski definition) is 5. The summed E-state index contributed by atoms with van der Waals surface area (Å²) in [5.74, 6) is -0.455. The van der Waals surface area contributed by atoms with E-state index in [1.807, 2.05) is 24.3 Å². The third-order valence-electron chi connectivity index (χ3n) is 4.13. The van der Waals surface area contributed by atoms with Crippen molar-refractivity contribution in [2.75, 3.05) is 18.1 Å². The van der Waals surface area contributed by atoms with Gasteiger partial charge < -0.3 is 14.4 Å². The van der Waals surface area contributed by atoms with Crippen LogP contribution in [-0.4, -0.2) is 31.1 Å². The smallest absolute Gasteiger partial charge is 0.344 e. The summed E-state index contributed by atoms with van der Waals surface area (Å²) in [5.41, 5.74) is 1.82. The van der Waals surface area contributed by atoms with Gasteiger partial charge in [-0.25, -0.2) is 4.79 Å². The van der Waals surface area contributed by atoms with E-state index in [9.17, 15) is 9.59 Å². The summed E-state index contributed by atoms with van der Waals surface area (Å²) < 4.78 is 10.6. The monoisotopic (exact) mass is 380 g/mol. The molecule has 0 radical (unpaired) electrons. The Bertz CT molecular complexity index is 813. The molecule has 6 heteroatoms. The third-order valence-corrected chi connectivity index (χ3v) is 4.13. The third kappa shape index (κ3) is 6.13. The highest BCUT2D eigenvalue weighted by atomic mass is 16.6. The minimum absolute atomic E-state index is 0.179. The van der Waals surface area contributed by atoms with Crippen LogP contribution < -0.4 is 9.64 Å². The van der Waals surface area contributed by atoms with Crippen molar-refractivity contribution < 1.29 is 19.1 Å². The van der Waals surface area contributed by atoms with Crippen molar-refractivity contribution in [1.82, 2.24) is 0 Å². The van der Waals surface area contributed by atoms with Crippen LogP contribution in [-0.2, 0) is 20.7 Å². The van der Waals surface area contributed by atoms with Crippen LogP contribution in [0.4, 0.5) is 5.69 Å². The topological polar surface area (TPSA) is 79.6 Å². The zero-order valence-corrected chi connectivity index (χ0v) is 16.1. The first-order valence-electron chi connectivity index (χ1n) is 9.19. The van der Waals surface area contributed by atoms with E-state index < -0.39 is 12.1 Å². The normalized spacial score (nSPS) is 11.2. The largest absolute Gasteiger partial charge is 0.482 e. The lowest BCUT2D eigenvalue weighted by atomic mass is 10.2. The molecule has 2 rings (SSSR count). The average molecular weight is 380 g/mol. The molecular weight excluding hydrogens is 356 g/mol. The molecule has 0 fully saturated rings. The fraction of sp³-hybridized carbons (Fsp3) is 0.318. The number of carbonyl (C=O) groups excluding carboxylic acids is 2. The molecule has 2 aromatic carbocycles. The molecule has 1 amide bonds. The predicted octanol–water partition coefficient (Wildman–Crippen LogP) is 3.51. The Morgan fingerprint density at radius 2 is 1.79 bits per heavy atom. The molecule has 0 aliphatic heterocycles. The van der Waals surface area contributed by atoms with Crippen LogP contribution in [0, 0.1) is 11.3 Å². The second kappa shape index (κ2) is 10.7. The van der Waals surface area contributed by atoms with Gasteiger partial charge in [-0.05, 0) is 43.2 Å². The van der Waals surface area contributed by atoms with Gasteiger partial charge in [0.15, 0.2) is 12.7 Å². The minimum Gasteiger partial charge on any atom is -0.482 e. The van der Waals surface area contributed by atoms with Crippen LogP contribution in [0.1, 0.15) is 25.8 Å². The molecule has 1 atom stereocenters. The molecule has 6 nitrogen and oxygen atoms in total. The predicted molar refractivity (Wildman–Crippen MR) is 106 cm³/mol. The van der Waals surface area contributed by atoms with Crippen molar-refractivity contribution >= 4 is 17.6 Å². The first-order valence-corrected chi connectivity index (χ1v) is 9.19. The van der Waals surface area contributed by atoms with Crippen molar-refractivity contribution in [3.63, 3.8) is 0 Å². The highest BCUT2D eigenvalue weighted by molar-refractivity contribution is 5.97. The van der Waals surface area contributed by atoms with Crippen molar-refractivity contribution in [2.45, 2.75) is 32.8 Å². The number of ether oxygens (including phenoxy) is 2. The van der Waals surface area contributed by atoms with Crippen molar-refractivity contribution in [3.8, 4) is 11.8 Å². The summed E-state index contributed by atoms with van der Waals surface area (Å²) in [4.78, 5) is 26.2. The molecule has 0 spiro atoms. The molecule has 1 unspecified atom stereocenters. The van der Waals surface area contributed by atoms with Crippen LogP contribution in [0.5, 0.6) is 5.75 Å². The maximum absolute atomic E-state index is 12.7. The first-order chi connectivity index (χ1) is 13.5. The number of anilines is 1. The second-order valence-electron chi connectivity index (χ2n) is 6.15. The van der Waals surface area contributed by atoms with Crippen LogP contribution in [0.2, 0.25) is 0 Å². The van der Waals surface area contributed by atoms with E-state index >= 15 is 0 Å². The summed E-state index contributed by atoms with van der Waals surface area (Å²) in [7, 11) is 0. The fourth-order valence-corrected chi connectivity index (χ4v) is 2.60. The van der Waals surface area contributed by atoms with Gasteiger partial charge in [-0.3, -0.25) is 4.79 Å². The molecule has 0 heterocycles. The summed E-state index contributed by atoms with van der Waals surface area (Å²) >= 11 is 0. The Morgan fingerprint density at radius 1 is 1.11 bits per heavy atom. The Kier molecular flexibility index (Phi) is 8.04. The van der Waals surface area contributed by atoms with Gasteiger partial charge in [-0.15, -0.1) is 0 Å². The zero-order valence-electron chi connectivity index (χ0n) is 16.1. The van der Waals surface area contributed by atoms with E-state index in [1.54, 1.807) is 36.4 Å². The standard InChI is InChI=1S/C22H24N2O4/c1-3-18-10-12-20(13-11-18)27-16-21(25)28-17(2)22(26)24(15-7-14-23)19-8-5-4-6-9-19/h4-6,8-13,17H,3,7,15-16H2,1-2H3. The van der Waals surface area contributed by atoms with E-state index in [-0.39, 0.29) is 25.5 Å². The molecule has 0 saturated carbocycles. The molecular formula is C22H24N2O4. The number of nitrogens with zero attached hydrogens (tertiary/aromatic N) is 2. The van der Waals surface area contributed by atoms with Crippen LogP contribution >= 0.6 is 0 Å². The number of amides is 1. The van der Waals surface area contributed by atoms with Crippen molar-refractivity contribution in [2.24, 2.45) is 0 Å². The molecule has 0 aliphatic carbocycles. The number of benzene rings is 2. The molecule has 0 aromatic heterocycles. The van der Waals surface area contributed by atoms with Gasteiger partial charge in [0.05, 0.1) is 12.5 Å². The Hall–Kier alpha value is -3.33. The molecule has 0 bridgehead atoms. The average Bonchev–Trinajstić information content (AvgIpc) is 2.73. The molecule has 146 valence electrons. The number of aryl methyl sites for hydroxylation is 1. The van der Waals surface area contributed by atoms with Gasteiger partial charge in [-0.2, -0.15) is 5.26 Å². The lowest BCUT2D eigenvalue weighted by Crippen LogP contribution is -2.41. The van der Waals surface area contributed by atoms with Gasteiger partial charge in [0.1, 0.15) is 5.75 Å². The highest BCUT2D eigenvalue weighted by Crippen LogP contribution is 2.16. The van der Waals surface area contributed by atoms with Gasteiger partial charge in [0.25, 0.3) is 5.91 Å². The summed E-state index contributed by atoms with van der Waals surface area (Å²) in [6, 6.07) is 18.5. The summed E-state index contributed by atoms with van der Waals surface area (Å²) in [6.07, 6.45) is 0.113. The molecule has 2 aromatic rings. The lowest BCUT2D eigenvalue weighted by molar-refractivity contribution is -0.155. The second-order valence-corrected chi connectivity index (χ2v) is 6.15. The maximum Gasteiger partial charge on any atom is 0.344 e. The Balaban J connectivity index is 1.92.